The Hall–Kier alpha value is -2.39. The van der Waals surface area contributed by atoms with Gasteiger partial charge in [0.25, 0.3) is 15.9 Å². The number of sulfonamides is 1. The summed E-state index contributed by atoms with van der Waals surface area (Å²) in [6.45, 7) is 1.73. The van der Waals surface area contributed by atoms with E-state index in [1.165, 1.54) is 30.1 Å². The van der Waals surface area contributed by atoms with E-state index in [2.05, 4.69) is 10.4 Å². The summed E-state index contributed by atoms with van der Waals surface area (Å²) in [7, 11) is -0.910. The van der Waals surface area contributed by atoms with Crippen molar-refractivity contribution in [2.75, 3.05) is 24.5 Å². The molecule has 0 atom stereocenters. The van der Waals surface area contributed by atoms with E-state index in [9.17, 15) is 13.2 Å². The fraction of sp³-hybridized carbons (Fsp3) is 0.333. The maximum absolute atomic E-state index is 12.8. The quantitative estimate of drug-likeness (QED) is 0.777. The molecule has 0 aliphatic carbocycles. The van der Waals surface area contributed by atoms with Gasteiger partial charge in [0.1, 0.15) is 5.56 Å². The van der Waals surface area contributed by atoms with Gasteiger partial charge in [0.15, 0.2) is 5.82 Å². The first-order valence-electron chi connectivity index (χ1n) is 7.25. The Morgan fingerprint density at radius 1 is 1.33 bits per heavy atom. The van der Waals surface area contributed by atoms with E-state index in [1.54, 1.807) is 19.2 Å². The summed E-state index contributed by atoms with van der Waals surface area (Å²) in [4.78, 5) is 12.3. The minimum Gasteiger partial charge on any atom is -0.395 e. The average molecular weight is 352 g/mol. The Balaban J connectivity index is 2.42. The third-order valence-electron chi connectivity index (χ3n) is 3.53. The molecule has 0 bridgehead atoms. The number of carbonyl (C=O) groups is 1. The number of aromatic nitrogens is 2. The fourth-order valence-corrected chi connectivity index (χ4v) is 3.45. The van der Waals surface area contributed by atoms with E-state index >= 15 is 0 Å². The van der Waals surface area contributed by atoms with Gasteiger partial charge in [0, 0.05) is 20.6 Å². The van der Waals surface area contributed by atoms with Crippen molar-refractivity contribution in [2.45, 2.75) is 11.8 Å². The van der Waals surface area contributed by atoms with Crippen LogP contribution >= 0.6 is 0 Å². The fourth-order valence-electron chi connectivity index (χ4n) is 2.21. The largest absolute Gasteiger partial charge is 0.395 e. The summed E-state index contributed by atoms with van der Waals surface area (Å²) >= 11 is 0. The second kappa shape index (κ2) is 7.02. The number of aliphatic hydroxyl groups is 1. The Bertz CT molecular complexity index is 828. The van der Waals surface area contributed by atoms with Gasteiger partial charge >= 0.3 is 0 Å². The summed E-state index contributed by atoms with van der Waals surface area (Å²) < 4.78 is 27.9. The van der Waals surface area contributed by atoms with Gasteiger partial charge in [-0.05, 0) is 19.1 Å². The van der Waals surface area contributed by atoms with Crippen LogP contribution in [-0.4, -0.2) is 49.4 Å². The third kappa shape index (κ3) is 3.41. The van der Waals surface area contributed by atoms with Crippen molar-refractivity contribution >= 4 is 21.7 Å². The summed E-state index contributed by atoms with van der Waals surface area (Å²) in [6.07, 6.45) is 1.29. The van der Waals surface area contributed by atoms with Crippen molar-refractivity contribution in [1.29, 1.82) is 0 Å². The highest BCUT2D eigenvalue weighted by atomic mass is 32.2. The summed E-state index contributed by atoms with van der Waals surface area (Å²) in [6, 6.07) is 6.45. The molecule has 0 aliphatic rings. The molecule has 0 radical (unpaired) electrons. The number of anilines is 1. The number of amides is 1. The van der Waals surface area contributed by atoms with Crippen LogP contribution < -0.4 is 9.62 Å². The number of hydrogen-bond donors (Lipinski definition) is 2. The van der Waals surface area contributed by atoms with E-state index < -0.39 is 15.9 Å². The number of aliphatic hydroxyl groups excluding tert-OH is 1. The minimum atomic E-state index is -3.83. The zero-order chi connectivity index (χ0) is 17.9. The molecule has 0 saturated heterocycles. The van der Waals surface area contributed by atoms with Crippen LogP contribution in [0.25, 0.3) is 0 Å². The maximum Gasteiger partial charge on any atom is 0.265 e. The molecule has 1 heterocycles. The van der Waals surface area contributed by atoms with E-state index in [0.29, 0.717) is 0 Å². The molecule has 0 spiro atoms. The lowest BCUT2D eigenvalue weighted by Gasteiger charge is -2.21. The normalized spacial score (nSPS) is 11.3. The van der Waals surface area contributed by atoms with Crippen LogP contribution in [-0.2, 0) is 17.1 Å². The molecule has 1 aromatic carbocycles. The molecule has 0 unspecified atom stereocenters. The van der Waals surface area contributed by atoms with Gasteiger partial charge in [-0.2, -0.15) is 5.10 Å². The first-order valence-corrected chi connectivity index (χ1v) is 8.69. The highest BCUT2D eigenvalue weighted by Gasteiger charge is 2.28. The zero-order valence-corrected chi connectivity index (χ0v) is 14.5. The summed E-state index contributed by atoms with van der Waals surface area (Å²) in [5.74, 6) is -0.357. The zero-order valence-electron chi connectivity index (χ0n) is 13.7. The van der Waals surface area contributed by atoms with E-state index in [0.717, 1.165) is 9.87 Å². The van der Waals surface area contributed by atoms with Crippen LogP contribution in [0.2, 0.25) is 0 Å². The molecule has 0 aliphatic heterocycles. The monoisotopic (exact) mass is 352 g/mol. The van der Waals surface area contributed by atoms with Crippen molar-refractivity contribution in [3.63, 3.8) is 0 Å². The molecule has 1 amide bonds. The number of hydrogen-bond acceptors (Lipinski definition) is 5. The van der Waals surface area contributed by atoms with Gasteiger partial charge < -0.3 is 10.4 Å². The van der Waals surface area contributed by atoms with E-state index in [-0.39, 0.29) is 29.4 Å². The van der Waals surface area contributed by atoms with Crippen molar-refractivity contribution < 1.29 is 18.3 Å². The van der Waals surface area contributed by atoms with Gasteiger partial charge in [-0.15, -0.1) is 0 Å². The standard InChI is InChI=1S/C15H20N4O4S/c1-11-4-6-12(7-5-11)24(22,23)19(3)15-13(10-17-18(15)2)14(21)16-8-9-20/h4-7,10,20H,8-9H2,1-3H3,(H,16,21). The lowest BCUT2D eigenvalue weighted by molar-refractivity contribution is 0.0945. The molecule has 2 rings (SSSR count). The predicted octanol–water partition coefficient (Wildman–Crippen LogP) is 0.276. The van der Waals surface area contributed by atoms with Gasteiger partial charge in [-0.3, -0.25) is 13.8 Å². The molecule has 0 fully saturated rings. The van der Waals surface area contributed by atoms with Crippen LogP contribution in [0.1, 0.15) is 15.9 Å². The SMILES string of the molecule is Cc1ccc(S(=O)(=O)N(C)c2c(C(=O)NCCO)cnn2C)cc1. The second-order valence-electron chi connectivity index (χ2n) is 5.27. The number of rotatable bonds is 6. The third-order valence-corrected chi connectivity index (χ3v) is 5.29. The van der Waals surface area contributed by atoms with Crippen LogP contribution in [0.3, 0.4) is 0 Å². The van der Waals surface area contributed by atoms with Crippen molar-refractivity contribution in [2.24, 2.45) is 7.05 Å². The number of carbonyl (C=O) groups excluding carboxylic acids is 1. The molecular weight excluding hydrogens is 332 g/mol. The van der Waals surface area contributed by atoms with E-state index in [4.69, 9.17) is 5.11 Å². The molecule has 8 nitrogen and oxygen atoms in total. The van der Waals surface area contributed by atoms with Crippen molar-refractivity contribution in [3.8, 4) is 0 Å². The first-order chi connectivity index (χ1) is 11.3. The molecule has 0 saturated carbocycles. The van der Waals surface area contributed by atoms with Gasteiger partial charge in [-0.25, -0.2) is 8.42 Å². The van der Waals surface area contributed by atoms with Crippen molar-refractivity contribution in [1.82, 2.24) is 15.1 Å². The second-order valence-corrected chi connectivity index (χ2v) is 7.24. The molecule has 130 valence electrons. The Morgan fingerprint density at radius 3 is 2.54 bits per heavy atom. The minimum absolute atomic E-state index is 0.0710. The Morgan fingerprint density at radius 2 is 1.96 bits per heavy atom. The van der Waals surface area contributed by atoms with Gasteiger partial charge in [0.05, 0.1) is 17.7 Å². The average Bonchev–Trinajstić information content (AvgIpc) is 2.93. The number of aryl methyl sites for hydroxylation is 2. The van der Waals surface area contributed by atoms with E-state index in [1.807, 2.05) is 6.92 Å². The van der Waals surface area contributed by atoms with Crippen LogP contribution in [0.5, 0.6) is 0 Å². The summed E-state index contributed by atoms with van der Waals surface area (Å²) in [5, 5.41) is 15.3. The topological polar surface area (TPSA) is 105 Å². The lowest BCUT2D eigenvalue weighted by atomic mass is 10.2. The highest BCUT2D eigenvalue weighted by molar-refractivity contribution is 7.92. The molecule has 1 aromatic heterocycles. The molecule has 24 heavy (non-hydrogen) atoms. The first kappa shape index (κ1) is 18.0. The van der Waals surface area contributed by atoms with Gasteiger partial charge in [-0.1, -0.05) is 17.7 Å². The Kier molecular flexibility index (Phi) is 5.25. The van der Waals surface area contributed by atoms with Crippen LogP contribution in [0.4, 0.5) is 5.82 Å². The predicted molar refractivity (Wildman–Crippen MR) is 89.4 cm³/mol. The number of nitrogens with one attached hydrogen (secondary N) is 1. The van der Waals surface area contributed by atoms with Crippen molar-refractivity contribution in [3.05, 3.63) is 41.6 Å². The smallest absolute Gasteiger partial charge is 0.265 e. The molecule has 9 heteroatoms. The molecular formula is C15H20N4O4S. The van der Waals surface area contributed by atoms with Gasteiger partial charge in [0.2, 0.25) is 0 Å². The number of benzene rings is 1. The molecule has 2 N–H and O–H groups in total. The maximum atomic E-state index is 12.8. The molecule has 2 aromatic rings. The highest BCUT2D eigenvalue weighted by Crippen LogP contribution is 2.25. The van der Waals surface area contributed by atoms with Crippen LogP contribution in [0, 0.1) is 6.92 Å². The van der Waals surface area contributed by atoms with Crippen LogP contribution in [0.15, 0.2) is 35.4 Å². The lowest BCUT2D eigenvalue weighted by Crippen LogP contribution is -2.32. The number of nitrogens with zero attached hydrogens (tertiary/aromatic N) is 3. The Labute approximate surface area is 140 Å². The summed E-state index contributed by atoms with van der Waals surface area (Å²) in [5.41, 5.74) is 1.06.